The molecule has 6 heteroatoms. The number of piperidine rings is 1. The number of aromatic nitrogens is 1. The van der Waals surface area contributed by atoms with Crippen LogP contribution in [-0.4, -0.2) is 30.8 Å². The molecular weight excluding hydrogens is 398 g/mol. The standard InChI is InChI=1S/C25H32F2N2O2/c1-17-15-29(24-18(2)19(3)31-28-24)12-9-22(17)13-21-5-4-6-23(14-21)30-16-20-7-10-25(26,27)11-8-20/h4-6,13-14,17,20H,7-12,15-16H2,1-3H3. The highest BCUT2D eigenvalue weighted by Crippen LogP contribution is 2.36. The molecule has 1 saturated heterocycles. The molecule has 2 fully saturated rings. The third-order valence-corrected chi connectivity index (χ3v) is 6.76. The predicted octanol–water partition coefficient (Wildman–Crippen LogP) is 6.43. The van der Waals surface area contributed by atoms with Gasteiger partial charge in [-0.2, -0.15) is 0 Å². The molecule has 4 rings (SSSR count). The van der Waals surface area contributed by atoms with Gasteiger partial charge in [0.2, 0.25) is 5.92 Å². The molecule has 168 valence electrons. The summed E-state index contributed by atoms with van der Waals surface area (Å²) in [6.07, 6.45) is 4.28. The van der Waals surface area contributed by atoms with Crippen molar-refractivity contribution in [3.05, 3.63) is 46.7 Å². The van der Waals surface area contributed by atoms with Crippen LogP contribution in [0.25, 0.3) is 6.08 Å². The Morgan fingerprint density at radius 1 is 1.26 bits per heavy atom. The molecule has 1 aromatic carbocycles. The molecule has 1 aromatic heterocycles. The predicted molar refractivity (Wildman–Crippen MR) is 119 cm³/mol. The number of rotatable bonds is 5. The highest BCUT2D eigenvalue weighted by Gasteiger charge is 2.35. The Kier molecular flexibility index (Phi) is 6.35. The van der Waals surface area contributed by atoms with Crippen molar-refractivity contribution in [1.82, 2.24) is 5.16 Å². The summed E-state index contributed by atoms with van der Waals surface area (Å²) in [4.78, 5) is 2.31. The largest absolute Gasteiger partial charge is 0.493 e. The van der Waals surface area contributed by atoms with Crippen LogP contribution in [0, 0.1) is 25.7 Å². The molecule has 1 atom stereocenters. The molecule has 0 amide bonds. The van der Waals surface area contributed by atoms with Crippen molar-refractivity contribution in [3.63, 3.8) is 0 Å². The van der Waals surface area contributed by atoms with Crippen molar-refractivity contribution < 1.29 is 18.0 Å². The molecule has 0 N–H and O–H groups in total. The Labute approximate surface area is 183 Å². The van der Waals surface area contributed by atoms with Gasteiger partial charge in [-0.15, -0.1) is 0 Å². The maximum Gasteiger partial charge on any atom is 0.248 e. The van der Waals surface area contributed by atoms with Gasteiger partial charge in [0, 0.05) is 31.5 Å². The number of hydrogen-bond donors (Lipinski definition) is 0. The van der Waals surface area contributed by atoms with Gasteiger partial charge < -0.3 is 14.2 Å². The van der Waals surface area contributed by atoms with E-state index in [4.69, 9.17) is 9.26 Å². The summed E-state index contributed by atoms with van der Waals surface area (Å²) in [5.74, 6) is 0.792. The summed E-state index contributed by atoms with van der Waals surface area (Å²) in [7, 11) is 0. The van der Waals surface area contributed by atoms with Gasteiger partial charge in [-0.05, 0) is 62.6 Å². The number of nitrogens with zero attached hydrogens (tertiary/aromatic N) is 2. The number of benzene rings is 1. The minimum atomic E-state index is -2.49. The highest BCUT2D eigenvalue weighted by atomic mass is 19.3. The second-order valence-corrected chi connectivity index (χ2v) is 9.19. The van der Waals surface area contributed by atoms with E-state index in [1.54, 1.807) is 0 Å². The van der Waals surface area contributed by atoms with E-state index in [9.17, 15) is 8.78 Å². The van der Waals surface area contributed by atoms with Crippen molar-refractivity contribution in [2.24, 2.45) is 11.8 Å². The first kappa shape index (κ1) is 21.8. The van der Waals surface area contributed by atoms with Crippen LogP contribution in [0.3, 0.4) is 0 Å². The maximum absolute atomic E-state index is 13.3. The smallest absolute Gasteiger partial charge is 0.248 e. The lowest BCUT2D eigenvalue weighted by Gasteiger charge is -2.33. The summed E-state index contributed by atoms with van der Waals surface area (Å²) in [6.45, 7) is 8.61. The average Bonchev–Trinajstić information content (AvgIpc) is 3.07. The first-order valence-corrected chi connectivity index (χ1v) is 11.3. The van der Waals surface area contributed by atoms with Crippen molar-refractivity contribution >= 4 is 11.9 Å². The van der Waals surface area contributed by atoms with Gasteiger partial charge in [0.15, 0.2) is 5.82 Å². The Morgan fingerprint density at radius 2 is 2.03 bits per heavy atom. The Bertz CT molecular complexity index is 927. The summed E-state index contributed by atoms with van der Waals surface area (Å²) < 4.78 is 38.0. The molecule has 0 spiro atoms. The average molecular weight is 431 g/mol. The molecule has 4 nitrogen and oxygen atoms in total. The van der Waals surface area contributed by atoms with Gasteiger partial charge in [-0.1, -0.05) is 35.9 Å². The summed E-state index contributed by atoms with van der Waals surface area (Å²) in [6, 6.07) is 8.08. The Hall–Kier alpha value is -2.37. The van der Waals surface area contributed by atoms with Crippen molar-refractivity contribution in [2.75, 3.05) is 24.6 Å². The summed E-state index contributed by atoms with van der Waals surface area (Å²) >= 11 is 0. The quantitative estimate of drug-likeness (QED) is 0.548. The minimum absolute atomic E-state index is 0.0184. The highest BCUT2D eigenvalue weighted by molar-refractivity contribution is 5.57. The molecular formula is C25H32F2N2O2. The number of halogens is 2. The van der Waals surface area contributed by atoms with Crippen LogP contribution in [0.1, 0.15) is 55.9 Å². The maximum atomic E-state index is 13.3. The number of aryl methyl sites for hydroxylation is 1. The molecule has 0 bridgehead atoms. The lowest BCUT2D eigenvalue weighted by atomic mass is 9.87. The number of anilines is 1. The van der Waals surface area contributed by atoms with Crippen molar-refractivity contribution in [1.29, 1.82) is 0 Å². The fourth-order valence-electron chi connectivity index (χ4n) is 4.55. The molecule has 1 aliphatic carbocycles. The van der Waals surface area contributed by atoms with E-state index >= 15 is 0 Å². The van der Waals surface area contributed by atoms with Crippen molar-refractivity contribution in [3.8, 4) is 5.75 Å². The van der Waals surface area contributed by atoms with Crippen LogP contribution in [0.15, 0.2) is 34.4 Å². The van der Waals surface area contributed by atoms with E-state index in [-0.39, 0.29) is 18.8 Å². The summed E-state index contributed by atoms with van der Waals surface area (Å²) in [5, 5.41) is 4.23. The third-order valence-electron chi connectivity index (χ3n) is 6.76. The van der Waals surface area contributed by atoms with E-state index < -0.39 is 5.92 Å². The summed E-state index contributed by atoms with van der Waals surface area (Å²) in [5.41, 5.74) is 3.66. The lowest BCUT2D eigenvalue weighted by Crippen LogP contribution is -2.36. The van der Waals surface area contributed by atoms with E-state index in [0.29, 0.717) is 25.4 Å². The van der Waals surface area contributed by atoms with Crippen LogP contribution in [0.5, 0.6) is 5.75 Å². The van der Waals surface area contributed by atoms with E-state index in [0.717, 1.165) is 48.0 Å². The topological polar surface area (TPSA) is 38.5 Å². The van der Waals surface area contributed by atoms with Gasteiger partial charge in [0.1, 0.15) is 11.5 Å². The zero-order valence-electron chi connectivity index (χ0n) is 18.7. The molecule has 2 aromatic rings. The molecule has 2 aliphatic rings. The molecule has 0 radical (unpaired) electrons. The minimum Gasteiger partial charge on any atom is -0.493 e. The second-order valence-electron chi connectivity index (χ2n) is 9.19. The number of hydrogen-bond acceptors (Lipinski definition) is 4. The zero-order valence-corrected chi connectivity index (χ0v) is 18.7. The first-order valence-electron chi connectivity index (χ1n) is 11.3. The molecule has 1 saturated carbocycles. The fraction of sp³-hybridized carbons (Fsp3) is 0.560. The van der Waals surface area contributed by atoms with E-state index in [1.807, 2.05) is 19.1 Å². The first-order chi connectivity index (χ1) is 14.8. The van der Waals surface area contributed by atoms with E-state index in [2.05, 4.69) is 42.1 Å². The van der Waals surface area contributed by atoms with Gasteiger partial charge in [0.05, 0.1) is 6.61 Å². The zero-order chi connectivity index (χ0) is 22.0. The van der Waals surface area contributed by atoms with Gasteiger partial charge in [-0.25, -0.2) is 8.78 Å². The number of alkyl halides is 2. The van der Waals surface area contributed by atoms with Crippen LogP contribution >= 0.6 is 0 Å². The second kappa shape index (κ2) is 9.01. The Balaban J connectivity index is 1.35. The molecule has 31 heavy (non-hydrogen) atoms. The van der Waals surface area contributed by atoms with Gasteiger partial charge >= 0.3 is 0 Å². The lowest BCUT2D eigenvalue weighted by molar-refractivity contribution is -0.0498. The van der Waals surface area contributed by atoms with Crippen molar-refractivity contribution in [2.45, 2.75) is 58.8 Å². The normalized spacial score (nSPS) is 23.3. The van der Waals surface area contributed by atoms with Crippen LogP contribution < -0.4 is 9.64 Å². The van der Waals surface area contributed by atoms with E-state index in [1.165, 1.54) is 5.57 Å². The molecule has 1 aliphatic heterocycles. The van der Waals surface area contributed by atoms with Gasteiger partial charge in [0.25, 0.3) is 0 Å². The fourth-order valence-corrected chi connectivity index (χ4v) is 4.55. The molecule has 2 heterocycles. The van der Waals surface area contributed by atoms with Crippen LogP contribution in [-0.2, 0) is 0 Å². The number of ether oxygens (including phenoxy) is 1. The van der Waals surface area contributed by atoms with Gasteiger partial charge in [-0.3, -0.25) is 0 Å². The SMILES string of the molecule is Cc1onc(N2CCC(=Cc3cccc(OCC4CCC(F)(F)CC4)c3)C(C)C2)c1C. The third kappa shape index (κ3) is 5.28. The van der Waals surface area contributed by atoms with Crippen LogP contribution in [0.4, 0.5) is 14.6 Å². The molecule has 1 unspecified atom stereocenters. The van der Waals surface area contributed by atoms with Crippen LogP contribution in [0.2, 0.25) is 0 Å². The monoisotopic (exact) mass is 430 g/mol. The Morgan fingerprint density at radius 3 is 2.71 bits per heavy atom.